The summed E-state index contributed by atoms with van der Waals surface area (Å²) in [5.74, 6) is 1.70. The quantitative estimate of drug-likeness (QED) is 0.854. The van der Waals surface area contributed by atoms with E-state index in [0.717, 1.165) is 17.7 Å². The predicted molar refractivity (Wildman–Crippen MR) is 98.7 cm³/mol. The van der Waals surface area contributed by atoms with E-state index < -0.39 is 0 Å². The van der Waals surface area contributed by atoms with E-state index in [2.05, 4.69) is 23.6 Å². The predicted octanol–water partition coefficient (Wildman–Crippen LogP) is 3.35. The van der Waals surface area contributed by atoms with Crippen molar-refractivity contribution in [3.8, 4) is 5.75 Å². The fraction of sp³-hybridized carbons (Fsp3) is 0.632. The highest BCUT2D eigenvalue weighted by Crippen LogP contribution is 2.33. The third-order valence-corrected chi connectivity index (χ3v) is 5.15. The van der Waals surface area contributed by atoms with Crippen LogP contribution in [0.3, 0.4) is 0 Å². The van der Waals surface area contributed by atoms with Gasteiger partial charge in [-0.25, -0.2) is 0 Å². The zero-order valence-electron chi connectivity index (χ0n) is 14.6. The molecule has 1 aliphatic carbocycles. The molecule has 1 amide bonds. The van der Waals surface area contributed by atoms with Gasteiger partial charge >= 0.3 is 0 Å². The number of hydrogen-bond acceptors (Lipinski definition) is 3. The van der Waals surface area contributed by atoms with E-state index in [9.17, 15) is 4.79 Å². The minimum Gasteiger partial charge on any atom is -0.494 e. The van der Waals surface area contributed by atoms with Crippen LogP contribution in [0.15, 0.2) is 18.2 Å². The van der Waals surface area contributed by atoms with Gasteiger partial charge in [-0.15, -0.1) is 12.4 Å². The Hall–Kier alpha value is -1.26. The van der Waals surface area contributed by atoms with Crippen molar-refractivity contribution in [1.82, 2.24) is 10.6 Å². The Morgan fingerprint density at radius 2 is 2.12 bits per heavy atom. The summed E-state index contributed by atoms with van der Waals surface area (Å²) in [6.45, 7) is 5.20. The van der Waals surface area contributed by atoms with Crippen molar-refractivity contribution in [3.05, 3.63) is 29.3 Å². The van der Waals surface area contributed by atoms with E-state index in [1.165, 1.54) is 31.2 Å². The Balaban J connectivity index is 0.00000208. The van der Waals surface area contributed by atoms with Crippen molar-refractivity contribution in [1.29, 1.82) is 0 Å². The number of halogens is 1. The summed E-state index contributed by atoms with van der Waals surface area (Å²) in [6, 6.07) is 6.67. The lowest BCUT2D eigenvalue weighted by atomic mass is 9.85. The summed E-state index contributed by atoms with van der Waals surface area (Å²) in [7, 11) is 0. The zero-order valence-corrected chi connectivity index (χ0v) is 15.5. The molecule has 134 valence electrons. The minimum atomic E-state index is -0.0240. The van der Waals surface area contributed by atoms with Crippen molar-refractivity contribution in [3.63, 3.8) is 0 Å². The summed E-state index contributed by atoms with van der Waals surface area (Å²) in [5, 5.41) is 6.62. The van der Waals surface area contributed by atoms with Gasteiger partial charge in [-0.1, -0.05) is 25.0 Å². The highest BCUT2D eigenvalue weighted by Gasteiger charge is 2.38. The molecular weight excluding hydrogens is 324 g/mol. The number of rotatable bonds is 5. The number of fused-ring (bicyclic) bond motifs is 1. The molecule has 1 aliphatic heterocycles. The van der Waals surface area contributed by atoms with Crippen LogP contribution in [-0.2, 0) is 11.3 Å². The van der Waals surface area contributed by atoms with E-state index in [-0.39, 0.29) is 24.4 Å². The van der Waals surface area contributed by atoms with E-state index in [0.29, 0.717) is 25.1 Å². The van der Waals surface area contributed by atoms with Crippen molar-refractivity contribution in [2.24, 2.45) is 5.92 Å². The summed E-state index contributed by atoms with van der Waals surface area (Å²) in [5.41, 5.74) is 2.21. The van der Waals surface area contributed by atoms with Crippen LogP contribution < -0.4 is 15.4 Å². The fourth-order valence-electron chi connectivity index (χ4n) is 3.92. The fourth-order valence-corrected chi connectivity index (χ4v) is 3.92. The molecule has 1 aromatic carbocycles. The van der Waals surface area contributed by atoms with Crippen molar-refractivity contribution >= 4 is 18.3 Å². The Bertz CT molecular complexity index is 550. The molecule has 4 nitrogen and oxygen atoms in total. The Kier molecular flexibility index (Phi) is 6.93. The number of nitrogens with one attached hydrogen (secondary N) is 2. The third kappa shape index (κ3) is 4.42. The summed E-state index contributed by atoms with van der Waals surface area (Å²) >= 11 is 0. The molecule has 2 aliphatic rings. The van der Waals surface area contributed by atoms with Gasteiger partial charge in [0, 0.05) is 18.2 Å². The van der Waals surface area contributed by atoms with Crippen LogP contribution in [-0.4, -0.2) is 24.6 Å². The molecule has 3 unspecified atom stereocenters. The van der Waals surface area contributed by atoms with E-state index in [1.54, 1.807) is 0 Å². The second-order valence-electron chi connectivity index (χ2n) is 6.87. The molecule has 5 heteroatoms. The summed E-state index contributed by atoms with van der Waals surface area (Å²) in [6.07, 6.45) is 6.10. The molecule has 0 bridgehead atoms. The first-order valence-corrected chi connectivity index (χ1v) is 8.93. The smallest absolute Gasteiger partial charge is 0.237 e. The lowest BCUT2D eigenvalue weighted by Gasteiger charge is -2.24. The van der Waals surface area contributed by atoms with Gasteiger partial charge in [0.1, 0.15) is 5.75 Å². The lowest BCUT2D eigenvalue weighted by Crippen LogP contribution is -2.42. The number of carbonyl (C=O) groups is 1. The second kappa shape index (κ2) is 8.72. The van der Waals surface area contributed by atoms with Gasteiger partial charge in [-0.05, 0) is 50.7 Å². The maximum absolute atomic E-state index is 12.5. The lowest BCUT2D eigenvalue weighted by molar-refractivity contribution is -0.123. The standard InChI is InChI=1S/C19H28N2O2.ClH/c1-3-23-18-10-13(2)8-9-15(18)12-20-19(22)17-11-14-6-4-5-7-16(14)21-17;/h8-10,14,16-17,21H,3-7,11-12H2,1-2H3,(H,20,22);1H. The molecule has 1 saturated carbocycles. The summed E-state index contributed by atoms with van der Waals surface area (Å²) in [4.78, 5) is 12.5. The minimum absolute atomic E-state index is 0. The van der Waals surface area contributed by atoms with Crippen LogP contribution in [0.1, 0.15) is 50.2 Å². The average Bonchev–Trinajstić information content (AvgIpc) is 2.98. The van der Waals surface area contributed by atoms with Crippen molar-refractivity contribution in [2.45, 2.75) is 64.6 Å². The van der Waals surface area contributed by atoms with Gasteiger partial charge in [0.2, 0.25) is 5.91 Å². The second-order valence-corrected chi connectivity index (χ2v) is 6.87. The normalized spacial score (nSPS) is 25.5. The van der Waals surface area contributed by atoms with E-state index in [1.807, 2.05) is 19.1 Å². The zero-order chi connectivity index (χ0) is 16.2. The number of ether oxygens (including phenoxy) is 1. The van der Waals surface area contributed by atoms with Gasteiger partial charge in [0.05, 0.1) is 12.6 Å². The maximum atomic E-state index is 12.5. The molecule has 0 aromatic heterocycles. The van der Waals surface area contributed by atoms with Crippen LogP contribution in [0.2, 0.25) is 0 Å². The highest BCUT2D eigenvalue weighted by molar-refractivity contribution is 5.85. The topological polar surface area (TPSA) is 50.4 Å². The van der Waals surface area contributed by atoms with Crippen LogP contribution in [0.25, 0.3) is 0 Å². The SMILES string of the molecule is CCOc1cc(C)ccc1CNC(=O)C1CC2CCCCC2N1.Cl. The van der Waals surface area contributed by atoms with Gasteiger partial charge in [0.25, 0.3) is 0 Å². The first-order chi connectivity index (χ1) is 11.2. The first-order valence-electron chi connectivity index (χ1n) is 8.93. The van der Waals surface area contributed by atoms with E-state index >= 15 is 0 Å². The van der Waals surface area contributed by atoms with Crippen LogP contribution in [0.5, 0.6) is 5.75 Å². The number of carbonyl (C=O) groups excluding carboxylic acids is 1. The van der Waals surface area contributed by atoms with Gasteiger partial charge < -0.3 is 15.4 Å². The van der Waals surface area contributed by atoms with Crippen LogP contribution in [0.4, 0.5) is 0 Å². The van der Waals surface area contributed by atoms with Gasteiger partial charge in [-0.2, -0.15) is 0 Å². The molecule has 0 radical (unpaired) electrons. The molecular formula is C19H29ClN2O2. The Morgan fingerprint density at radius 1 is 1.33 bits per heavy atom. The molecule has 1 heterocycles. The van der Waals surface area contributed by atoms with Crippen LogP contribution in [0, 0.1) is 12.8 Å². The molecule has 3 rings (SSSR count). The number of benzene rings is 1. The Morgan fingerprint density at radius 3 is 2.88 bits per heavy atom. The third-order valence-electron chi connectivity index (χ3n) is 5.15. The van der Waals surface area contributed by atoms with Crippen molar-refractivity contribution in [2.75, 3.05) is 6.61 Å². The number of amides is 1. The van der Waals surface area contributed by atoms with Crippen molar-refractivity contribution < 1.29 is 9.53 Å². The van der Waals surface area contributed by atoms with Crippen LogP contribution >= 0.6 is 12.4 Å². The molecule has 2 fully saturated rings. The maximum Gasteiger partial charge on any atom is 0.237 e. The molecule has 1 saturated heterocycles. The highest BCUT2D eigenvalue weighted by atomic mass is 35.5. The molecule has 0 spiro atoms. The summed E-state index contributed by atoms with van der Waals surface area (Å²) < 4.78 is 5.69. The average molecular weight is 353 g/mol. The molecule has 2 N–H and O–H groups in total. The molecule has 1 aromatic rings. The van der Waals surface area contributed by atoms with Gasteiger partial charge in [-0.3, -0.25) is 4.79 Å². The van der Waals surface area contributed by atoms with Gasteiger partial charge in [0.15, 0.2) is 0 Å². The molecule has 24 heavy (non-hydrogen) atoms. The number of aryl methyl sites for hydroxylation is 1. The first kappa shape index (κ1) is 19.1. The Labute approximate surface area is 151 Å². The number of hydrogen-bond donors (Lipinski definition) is 2. The largest absolute Gasteiger partial charge is 0.494 e. The molecule has 3 atom stereocenters. The monoisotopic (exact) mass is 352 g/mol. The van der Waals surface area contributed by atoms with E-state index in [4.69, 9.17) is 4.74 Å².